The van der Waals surface area contributed by atoms with E-state index in [-0.39, 0.29) is 9.90 Å². The molecule has 0 amide bonds. The third kappa shape index (κ3) is 3.86. The average Bonchev–Trinajstić information content (AvgIpc) is 3.11. The van der Waals surface area contributed by atoms with Crippen LogP contribution in [0.4, 0.5) is 18.9 Å². The van der Waals surface area contributed by atoms with Gasteiger partial charge in [-0.05, 0) is 43.2 Å². The van der Waals surface area contributed by atoms with Crippen molar-refractivity contribution in [3.05, 3.63) is 54.0 Å². The van der Waals surface area contributed by atoms with E-state index in [1.54, 1.807) is 12.3 Å². The zero-order valence-corrected chi connectivity index (χ0v) is 15.3. The lowest BCUT2D eigenvalue weighted by Gasteiger charge is -2.10. The second-order valence-corrected chi connectivity index (χ2v) is 9.13. The van der Waals surface area contributed by atoms with Crippen LogP contribution in [0.25, 0.3) is 10.6 Å². The minimum Gasteiger partial charge on any atom is -0.440 e. The van der Waals surface area contributed by atoms with Gasteiger partial charge in [-0.3, -0.25) is 4.72 Å². The molecule has 1 aliphatic carbocycles. The van der Waals surface area contributed by atoms with Crippen molar-refractivity contribution in [2.24, 2.45) is 0 Å². The quantitative estimate of drug-likeness (QED) is 0.630. The van der Waals surface area contributed by atoms with E-state index in [4.69, 9.17) is 4.42 Å². The van der Waals surface area contributed by atoms with Crippen molar-refractivity contribution in [3.63, 3.8) is 0 Å². The molecule has 0 aliphatic heterocycles. The van der Waals surface area contributed by atoms with Gasteiger partial charge in [-0.25, -0.2) is 13.4 Å². The zero-order chi connectivity index (χ0) is 19.2. The normalized spacial score (nSPS) is 15.1. The van der Waals surface area contributed by atoms with Crippen LogP contribution in [0.3, 0.4) is 0 Å². The summed E-state index contributed by atoms with van der Waals surface area (Å²) in [7, 11) is -4.02. The van der Waals surface area contributed by atoms with Crippen molar-refractivity contribution in [1.29, 1.82) is 0 Å². The standard InChI is InChI=1S/C17H13F3N2O3S2/c18-17(19,20)11-2-1-3-12(8-11)22-27(23,24)15-7-6-14(26-15)13-9-21-16(25-13)10-4-5-10/h1-3,6-10,22H,4-5H2. The molecule has 0 bridgehead atoms. The Balaban J connectivity index is 1.56. The Hall–Kier alpha value is -2.33. The highest BCUT2D eigenvalue weighted by Crippen LogP contribution is 2.41. The summed E-state index contributed by atoms with van der Waals surface area (Å²) in [5, 5.41) is 0. The lowest BCUT2D eigenvalue weighted by Crippen LogP contribution is -2.12. The average molecular weight is 414 g/mol. The van der Waals surface area contributed by atoms with E-state index in [0.29, 0.717) is 22.4 Å². The van der Waals surface area contributed by atoms with E-state index in [1.165, 1.54) is 12.1 Å². The van der Waals surface area contributed by atoms with Crippen LogP contribution < -0.4 is 4.72 Å². The van der Waals surface area contributed by atoms with Gasteiger partial charge in [0.25, 0.3) is 10.0 Å². The van der Waals surface area contributed by atoms with Gasteiger partial charge >= 0.3 is 6.18 Å². The van der Waals surface area contributed by atoms with Crippen LogP contribution in [-0.4, -0.2) is 13.4 Å². The summed E-state index contributed by atoms with van der Waals surface area (Å²) in [5.74, 6) is 1.46. The molecule has 2 heterocycles. The lowest BCUT2D eigenvalue weighted by molar-refractivity contribution is -0.137. The van der Waals surface area contributed by atoms with Gasteiger partial charge in [0.2, 0.25) is 0 Å². The summed E-state index contributed by atoms with van der Waals surface area (Å²) in [6, 6.07) is 7.01. The number of oxazole rings is 1. The number of halogens is 3. The molecule has 0 spiro atoms. The molecule has 1 fully saturated rings. The van der Waals surface area contributed by atoms with Gasteiger partial charge in [0.1, 0.15) is 4.21 Å². The van der Waals surface area contributed by atoms with E-state index >= 15 is 0 Å². The molecule has 1 saturated carbocycles. The fourth-order valence-corrected chi connectivity index (χ4v) is 4.78. The molecular weight excluding hydrogens is 401 g/mol. The third-order valence-corrected chi connectivity index (χ3v) is 6.95. The van der Waals surface area contributed by atoms with Crippen molar-refractivity contribution in [1.82, 2.24) is 4.98 Å². The van der Waals surface area contributed by atoms with Gasteiger partial charge in [-0.15, -0.1) is 11.3 Å². The van der Waals surface area contributed by atoms with Crippen LogP contribution in [0.1, 0.15) is 30.2 Å². The van der Waals surface area contributed by atoms with Crippen LogP contribution in [0.5, 0.6) is 0 Å². The Bertz CT molecular complexity index is 1080. The Morgan fingerprint density at radius 3 is 2.67 bits per heavy atom. The summed E-state index contributed by atoms with van der Waals surface area (Å²) in [6.07, 6.45) is -0.935. The minimum atomic E-state index is -4.55. The maximum absolute atomic E-state index is 12.8. The first-order chi connectivity index (χ1) is 12.7. The largest absolute Gasteiger partial charge is 0.440 e. The third-order valence-electron chi connectivity index (χ3n) is 3.98. The Morgan fingerprint density at radius 1 is 1.19 bits per heavy atom. The van der Waals surface area contributed by atoms with Gasteiger partial charge in [0.05, 0.1) is 16.6 Å². The van der Waals surface area contributed by atoms with E-state index in [9.17, 15) is 21.6 Å². The highest BCUT2D eigenvalue weighted by molar-refractivity contribution is 7.94. The number of anilines is 1. The van der Waals surface area contributed by atoms with Gasteiger partial charge < -0.3 is 4.42 Å². The Morgan fingerprint density at radius 2 is 1.96 bits per heavy atom. The lowest BCUT2D eigenvalue weighted by atomic mass is 10.2. The predicted octanol–water partition coefficient (Wildman–Crippen LogP) is 5.10. The van der Waals surface area contributed by atoms with Crippen molar-refractivity contribution >= 4 is 27.0 Å². The monoisotopic (exact) mass is 414 g/mol. The highest BCUT2D eigenvalue weighted by atomic mass is 32.2. The fraction of sp³-hybridized carbons (Fsp3) is 0.235. The molecular formula is C17H13F3N2O3S2. The number of sulfonamides is 1. The van der Waals surface area contributed by atoms with E-state index < -0.39 is 21.8 Å². The SMILES string of the molecule is O=S(=O)(Nc1cccc(C(F)(F)F)c1)c1ccc(-c2cnc(C3CC3)o2)s1. The number of hydrogen-bond acceptors (Lipinski definition) is 5. The summed E-state index contributed by atoms with van der Waals surface area (Å²) in [5.41, 5.74) is -1.08. The molecule has 10 heteroatoms. The number of aromatic nitrogens is 1. The smallest absolute Gasteiger partial charge is 0.416 e. The number of nitrogens with zero attached hydrogens (tertiary/aromatic N) is 1. The molecule has 3 aromatic rings. The topological polar surface area (TPSA) is 72.2 Å². The van der Waals surface area contributed by atoms with Crippen LogP contribution in [0, 0.1) is 0 Å². The maximum Gasteiger partial charge on any atom is 0.416 e. The second kappa shape index (κ2) is 6.38. The first-order valence-corrected chi connectivity index (χ1v) is 10.3. The molecule has 0 atom stereocenters. The van der Waals surface area contributed by atoms with E-state index in [0.717, 1.165) is 42.4 Å². The molecule has 0 radical (unpaired) electrons. The molecule has 142 valence electrons. The summed E-state index contributed by atoms with van der Waals surface area (Å²) >= 11 is 0.961. The maximum atomic E-state index is 12.8. The van der Waals surface area contributed by atoms with Crippen LogP contribution in [0.2, 0.25) is 0 Å². The molecule has 2 aromatic heterocycles. The first-order valence-electron chi connectivity index (χ1n) is 7.98. The molecule has 1 N–H and O–H groups in total. The Labute approximate surface area is 156 Å². The molecule has 5 nitrogen and oxygen atoms in total. The second-order valence-electron chi connectivity index (χ2n) is 6.14. The van der Waals surface area contributed by atoms with Crippen molar-refractivity contribution in [2.75, 3.05) is 4.72 Å². The molecule has 0 saturated heterocycles. The van der Waals surface area contributed by atoms with E-state index in [1.807, 2.05) is 0 Å². The number of nitrogens with one attached hydrogen (secondary N) is 1. The van der Waals surface area contributed by atoms with Gasteiger partial charge in [-0.2, -0.15) is 13.2 Å². The summed E-state index contributed by atoms with van der Waals surface area (Å²) < 4.78 is 71.2. The number of thiophene rings is 1. The number of hydrogen-bond donors (Lipinski definition) is 1. The summed E-state index contributed by atoms with van der Waals surface area (Å²) in [6.45, 7) is 0. The van der Waals surface area contributed by atoms with Crippen molar-refractivity contribution < 1.29 is 26.0 Å². The van der Waals surface area contributed by atoms with Crippen LogP contribution >= 0.6 is 11.3 Å². The van der Waals surface area contributed by atoms with Gasteiger partial charge in [-0.1, -0.05) is 6.07 Å². The predicted molar refractivity (Wildman–Crippen MR) is 94.0 cm³/mol. The minimum absolute atomic E-state index is 0.0284. The van der Waals surface area contributed by atoms with Crippen LogP contribution in [0.15, 0.2) is 51.2 Å². The number of alkyl halides is 3. The molecule has 1 aliphatic rings. The molecule has 0 unspecified atom stereocenters. The van der Waals surface area contributed by atoms with E-state index in [2.05, 4.69) is 9.71 Å². The van der Waals surface area contributed by atoms with Crippen molar-refractivity contribution in [2.45, 2.75) is 29.1 Å². The van der Waals surface area contributed by atoms with Crippen molar-refractivity contribution in [3.8, 4) is 10.6 Å². The first kappa shape index (κ1) is 18.1. The number of rotatable bonds is 5. The highest BCUT2D eigenvalue weighted by Gasteiger charge is 2.31. The van der Waals surface area contributed by atoms with Gasteiger partial charge in [0, 0.05) is 11.6 Å². The number of benzene rings is 1. The molecule has 4 rings (SSSR count). The zero-order valence-electron chi connectivity index (χ0n) is 13.7. The molecule has 27 heavy (non-hydrogen) atoms. The van der Waals surface area contributed by atoms with Crippen LogP contribution in [-0.2, 0) is 16.2 Å². The molecule has 1 aromatic carbocycles. The Kier molecular flexibility index (Phi) is 4.26. The summed E-state index contributed by atoms with van der Waals surface area (Å²) in [4.78, 5) is 4.78. The fourth-order valence-electron chi connectivity index (χ4n) is 2.48. The van der Waals surface area contributed by atoms with Gasteiger partial charge in [0.15, 0.2) is 11.7 Å².